The summed E-state index contributed by atoms with van der Waals surface area (Å²) in [7, 11) is 0. The molecule has 1 saturated heterocycles. The third kappa shape index (κ3) is 3.41. The number of nitrogens with one attached hydrogen (secondary N) is 1. The summed E-state index contributed by atoms with van der Waals surface area (Å²) in [4.78, 5) is 14.7. The first-order chi connectivity index (χ1) is 9.63. The van der Waals surface area contributed by atoms with Gasteiger partial charge in [-0.15, -0.1) is 0 Å². The standard InChI is InChI=1S/C15H24N2O3/c1-11(2)17-8-4-3-6-13(17)15(19)16-12(10-18)14-7-5-9-20-14/h5,7,9,11-13,18H,3-4,6,8,10H2,1-2H3,(H,16,19). The number of rotatable bonds is 5. The first kappa shape index (κ1) is 15.1. The van der Waals surface area contributed by atoms with Gasteiger partial charge >= 0.3 is 0 Å². The van der Waals surface area contributed by atoms with E-state index >= 15 is 0 Å². The van der Waals surface area contributed by atoms with Crippen LogP contribution in [0.1, 0.15) is 44.9 Å². The van der Waals surface area contributed by atoms with Crippen molar-refractivity contribution in [2.24, 2.45) is 0 Å². The second-order valence-electron chi connectivity index (χ2n) is 5.60. The molecule has 0 bridgehead atoms. The molecule has 1 aromatic heterocycles. The molecule has 0 saturated carbocycles. The van der Waals surface area contributed by atoms with Gasteiger partial charge in [0.15, 0.2) is 0 Å². The second kappa shape index (κ2) is 6.90. The van der Waals surface area contributed by atoms with Crippen molar-refractivity contribution in [2.75, 3.05) is 13.2 Å². The predicted molar refractivity (Wildman–Crippen MR) is 76.2 cm³/mol. The topological polar surface area (TPSA) is 65.7 Å². The number of aliphatic hydroxyl groups excluding tert-OH is 1. The van der Waals surface area contributed by atoms with Crippen LogP contribution in [-0.4, -0.2) is 41.1 Å². The minimum Gasteiger partial charge on any atom is -0.467 e. The summed E-state index contributed by atoms with van der Waals surface area (Å²) in [5.41, 5.74) is 0. The number of carbonyl (C=O) groups excluding carboxylic acids is 1. The number of hydrogen-bond acceptors (Lipinski definition) is 4. The van der Waals surface area contributed by atoms with Crippen molar-refractivity contribution in [3.63, 3.8) is 0 Å². The van der Waals surface area contributed by atoms with Gasteiger partial charge in [-0.2, -0.15) is 0 Å². The van der Waals surface area contributed by atoms with Crippen LogP contribution in [0, 0.1) is 0 Å². The molecule has 1 aliphatic heterocycles. The lowest BCUT2D eigenvalue weighted by Crippen LogP contribution is -2.52. The molecule has 1 fully saturated rings. The maximum absolute atomic E-state index is 12.5. The molecule has 112 valence electrons. The smallest absolute Gasteiger partial charge is 0.238 e. The normalized spacial score (nSPS) is 21.9. The van der Waals surface area contributed by atoms with Crippen LogP contribution in [0.5, 0.6) is 0 Å². The van der Waals surface area contributed by atoms with Gasteiger partial charge in [0.05, 0.1) is 18.9 Å². The molecule has 0 radical (unpaired) electrons. The molecule has 2 unspecified atom stereocenters. The Balaban J connectivity index is 2.02. The summed E-state index contributed by atoms with van der Waals surface area (Å²) in [6.07, 6.45) is 4.64. The highest BCUT2D eigenvalue weighted by Gasteiger charge is 2.31. The van der Waals surface area contributed by atoms with Gasteiger partial charge in [0.2, 0.25) is 5.91 Å². The summed E-state index contributed by atoms with van der Waals surface area (Å²) >= 11 is 0. The molecule has 0 spiro atoms. The van der Waals surface area contributed by atoms with Crippen molar-refractivity contribution < 1.29 is 14.3 Å². The molecule has 2 atom stereocenters. The quantitative estimate of drug-likeness (QED) is 0.861. The van der Waals surface area contributed by atoms with Crippen molar-refractivity contribution in [3.05, 3.63) is 24.2 Å². The molecule has 0 aliphatic carbocycles. The van der Waals surface area contributed by atoms with E-state index in [4.69, 9.17) is 4.42 Å². The van der Waals surface area contributed by atoms with Crippen LogP contribution >= 0.6 is 0 Å². The van der Waals surface area contributed by atoms with E-state index in [9.17, 15) is 9.90 Å². The number of likely N-dealkylation sites (tertiary alicyclic amines) is 1. The average molecular weight is 280 g/mol. The number of furan rings is 1. The highest BCUT2D eigenvalue weighted by atomic mass is 16.3. The number of amides is 1. The fourth-order valence-electron chi connectivity index (χ4n) is 2.82. The summed E-state index contributed by atoms with van der Waals surface area (Å²) in [5.74, 6) is 0.571. The van der Waals surface area contributed by atoms with Crippen LogP contribution in [0.25, 0.3) is 0 Å². The lowest BCUT2D eigenvalue weighted by atomic mass is 9.99. The van der Waals surface area contributed by atoms with Gasteiger partial charge in [-0.05, 0) is 45.4 Å². The van der Waals surface area contributed by atoms with Gasteiger partial charge in [0.1, 0.15) is 11.8 Å². The van der Waals surface area contributed by atoms with Crippen LogP contribution in [0.15, 0.2) is 22.8 Å². The zero-order chi connectivity index (χ0) is 14.5. The number of aliphatic hydroxyl groups is 1. The molecule has 1 aliphatic rings. The zero-order valence-corrected chi connectivity index (χ0v) is 12.2. The SMILES string of the molecule is CC(C)N1CCCCC1C(=O)NC(CO)c1ccco1. The number of nitrogens with zero attached hydrogens (tertiary/aromatic N) is 1. The maximum Gasteiger partial charge on any atom is 0.238 e. The van der Waals surface area contributed by atoms with Gasteiger partial charge in [-0.3, -0.25) is 9.69 Å². The Morgan fingerprint density at radius 2 is 2.35 bits per heavy atom. The van der Waals surface area contributed by atoms with Crippen molar-refractivity contribution in [1.29, 1.82) is 0 Å². The van der Waals surface area contributed by atoms with E-state index in [-0.39, 0.29) is 18.6 Å². The highest BCUT2D eigenvalue weighted by molar-refractivity contribution is 5.82. The van der Waals surface area contributed by atoms with Gasteiger partial charge in [0, 0.05) is 6.04 Å². The molecule has 1 amide bonds. The van der Waals surface area contributed by atoms with Crippen LogP contribution in [0.4, 0.5) is 0 Å². The Bertz CT molecular complexity index is 417. The Morgan fingerprint density at radius 3 is 2.95 bits per heavy atom. The lowest BCUT2D eigenvalue weighted by molar-refractivity contribution is -0.129. The van der Waals surface area contributed by atoms with Gasteiger partial charge in [-0.1, -0.05) is 6.42 Å². The number of hydrogen-bond donors (Lipinski definition) is 2. The lowest BCUT2D eigenvalue weighted by Gasteiger charge is -2.38. The third-order valence-electron chi connectivity index (χ3n) is 3.90. The number of carbonyl (C=O) groups is 1. The molecule has 1 aromatic rings. The molecule has 2 heterocycles. The first-order valence-electron chi connectivity index (χ1n) is 7.34. The Hall–Kier alpha value is -1.33. The van der Waals surface area contributed by atoms with Crippen LogP contribution < -0.4 is 5.32 Å². The van der Waals surface area contributed by atoms with E-state index in [1.807, 2.05) is 0 Å². The van der Waals surface area contributed by atoms with E-state index in [1.165, 1.54) is 0 Å². The van der Waals surface area contributed by atoms with E-state index in [0.29, 0.717) is 11.8 Å². The first-order valence-corrected chi connectivity index (χ1v) is 7.34. The van der Waals surface area contributed by atoms with Gasteiger partial charge in [0.25, 0.3) is 0 Å². The Labute approximate surface area is 119 Å². The Kier molecular flexibility index (Phi) is 5.20. The summed E-state index contributed by atoms with van der Waals surface area (Å²) < 4.78 is 5.26. The minimum atomic E-state index is -0.464. The second-order valence-corrected chi connectivity index (χ2v) is 5.60. The predicted octanol–water partition coefficient (Wildman–Crippen LogP) is 1.69. The van der Waals surface area contributed by atoms with Gasteiger partial charge < -0.3 is 14.8 Å². The summed E-state index contributed by atoms with van der Waals surface area (Å²) in [5, 5.41) is 12.3. The molecular weight excluding hydrogens is 256 g/mol. The summed E-state index contributed by atoms with van der Waals surface area (Å²) in [6.45, 7) is 5.03. The van der Waals surface area contributed by atoms with E-state index in [1.54, 1.807) is 18.4 Å². The zero-order valence-electron chi connectivity index (χ0n) is 12.2. The van der Waals surface area contributed by atoms with Gasteiger partial charge in [-0.25, -0.2) is 0 Å². The number of piperidine rings is 1. The largest absolute Gasteiger partial charge is 0.467 e. The third-order valence-corrected chi connectivity index (χ3v) is 3.90. The summed E-state index contributed by atoms with van der Waals surface area (Å²) in [6, 6.07) is 3.30. The Morgan fingerprint density at radius 1 is 1.55 bits per heavy atom. The van der Waals surface area contributed by atoms with Crippen molar-refractivity contribution in [1.82, 2.24) is 10.2 Å². The van der Waals surface area contributed by atoms with Crippen LogP contribution in [0.3, 0.4) is 0 Å². The fourth-order valence-corrected chi connectivity index (χ4v) is 2.82. The fraction of sp³-hybridized carbons (Fsp3) is 0.667. The monoisotopic (exact) mass is 280 g/mol. The molecule has 2 N–H and O–H groups in total. The van der Waals surface area contributed by atoms with Crippen LogP contribution in [0.2, 0.25) is 0 Å². The molecule has 5 nitrogen and oxygen atoms in total. The van der Waals surface area contributed by atoms with Crippen LogP contribution in [-0.2, 0) is 4.79 Å². The molecular formula is C15H24N2O3. The van der Waals surface area contributed by atoms with E-state index < -0.39 is 6.04 Å². The van der Waals surface area contributed by atoms with Crippen molar-refractivity contribution in [3.8, 4) is 0 Å². The average Bonchev–Trinajstić information content (AvgIpc) is 2.98. The maximum atomic E-state index is 12.5. The molecule has 5 heteroatoms. The van der Waals surface area contributed by atoms with Crippen molar-refractivity contribution in [2.45, 2.75) is 51.2 Å². The molecule has 0 aromatic carbocycles. The highest BCUT2D eigenvalue weighted by Crippen LogP contribution is 2.21. The molecule has 2 rings (SSSR count). The van der Waals surface area contributed by atoms with Crippen molar-refractivity contribution >= 4 is 5.91 Å². The van der Waals surface area contributed by atoms with E-state index in [2.05, 4.69) is 24.1 Å². The molecule has 20 heavy (non-hydrogen) atoms. The van der Waals surface area contributed by atoms with E-state index in [0.717, 1.165) is 25.8 Å². The minimum absolute atomic E-state index is 0.0196.